The molecule has 2 aromatic carbocycles. The standard InChI is InChI=1S/C21H22N4O3/c1-15-6-2-3-7-16(15)14-19(26)22-25-21(27)18-9-5-4-8-17(18)20(23-25)24-10-12-28-13-11-24/h2-9H,10-14H2,1H3,(H,22,26). The predicted molar refractivity (Wildman–Crippen MR) is 108 cm³/mol. The van der Waals surface area contributed by atoms with Crippen LogP contribution in [0.2, 0.25) is 0 Å². The number of carbonyl (C=O) groups is 1. The van der Waals surface area contributed by atoms with Crippen LogP contribution in [0.1, 0.15) is 11.1 Å². The Labute approximate surface area is 162 Å². The van der Waals surface area contributed by atoms with Gasteiger partial charge in [0.1, 0.15) is 0 Å². The van der Waals surface area contributed by atoms with Crippen molar-refractivity contribution in [3.05, 3.63) is 70.0 Å². The number of nitrogens with one attached hydrogen (secondary N) is 1. The lowest BCUT2D eigenvalue weighted by Gasteiger charge is -2.29. The molecule has 144 valence electrons. The van der Waals surface area contributed by atoms with Gasteiger partial charge in [0.15, 0.2) is 5.82 Å². The number of fused-ring (bicyclic) bond motifs is 1. The number of hydrogen-bond donors (Lipinski definition) is 1. The maximum atomic E-state index is 12.9. The highest BCUT2D eigenvalue weighted by molar-refractivity contribution is 5.92. The summed E-state index contributed by atoms with van der Waals surface area (Å²) in [7, 11) is 0. The lowest BCUT2D eigenvalue weighted by Crippen LogP contribution is -2.41. The molecule has 3 aromatic rings. The van der Waals surface area contributed by atoms with Crippen molar-refractivity contribution in [1.82, 2.24) is 9.89 Å². The molecule has 1 N–H and O–H groups in total. The van der Waals surface area contributed by atoms with Crippen LogP contribution in [0.5, 0.6) is 0 Å². The number of carbonyl (C=O) groups excluding carboxylic acids is 1. The van der Waals surface area contributed by atoms with Crippen molar-refractivity contribution in [2.45, 2.75) is 13.3 Å². The number of benzene rings is 2. The van der Waals surface area contributed by atoms with Gasteiger partial charge in [0.2, 0.25) is 5.91 Å². The van der Waals surface area contributed by atoms with Gasteiger partial charge in [-0.15, -0.1) is 9.89 Å². The fraction of sp³-hybridized carbons (Fsp3) is 0.286. The Morgan fingerprint density at radius 2 is 1.75 bits per heavy atom. The van der Waals surface area contributed by atoms with Gasteiger partial charge in [-0.2, -0.15) is 0 Å². The molecule has 7 nitrogen and oxygen atoms in total. The SMILES string of the molecule is Cc1ccccc1CC(=O)Nn1nc(N2CCOCC2)c2ccccc2c1=O. The molecule has 7 heteroatoms. The van der Waals surface area contributed by atoms with Gasteiger partial charge in [0, 0.05) is 18.5 Å². The summed E-state index contributed by atoms with van der Waals surface area (Å²) in [6, 6.07) is 15.0. The zero-order valence-corrected chi connectivity index (χ0v) is 15.7. The van der Waals surface area contributed by atoms with Crippen LogP contribution in [-0.4, -0.2) is 42.1 Å². The first kappa shape index (κ1) is 18.2. The van der Waals surface area contributed by atoms with E-state index in [4.69, 9.17) is 4.74 Å². The van der Waals surface area contributed by atoms with E-state index in [2.05, 4.69) is 15.4 Å². The Morgan fingerprint density at radius 1 is 1.07 bits per heavy atom. The summed E-state index contributed by atoms with van der Waals surface area (Å²) in [4.78, 5) is 28.6. The number of nitrogens with zero attached hydrogens (tertiary/aromatic N) is 3. The number of ether oxygens (including phenoxy) is 1. The number of hydrogen-bond acceptors (Lipinski definition) is 5. The van der Waals surface area contributed by atoms with E-state index in [-0.39, 0.29) is 17.9 Å². The van der Waals surface area contributed by atoms with E-state index in [0.717, 1.165) is 21.3 Å². The molecule has 0 saturated carbocycles. The highest BCUT2D eigenvalue weighted by atomic mass is 16.5. The third-order valence-corrected chi connectivity index (χ3v) is 4.94. The minimum Gasteiger partial charge on any atom is -0.378 e. The highest BCUT2D eigenvalue weighted by Gasteiger charge is 2.19. The number of morpholine rings is 1. The quantitative estimate of drug-likeness (QED) is 0.750. The molecule has 0 bridgehead atoms. The molecule has 1 aromatic heterocycles. The van der Waals surface area contributed by atoms with E-state index >= 15 is 0 Å². The Kier molecular flexibility index (Phi) is 5.08. The minimum absolute atomic E-state index is 0.181. The molecule has 0 aliphatic carbocycles. The normalized spacial score (nSPS) is 14.2. The monoisotopic (exact) mass is 378 g/mol. The topological polar surface area (TPSA) is 76.5 Å². The molecule has 1 saturated heterocycles. The first-order valence-corrected chi connectivity index (χ1v) is 9.32. The van der Waals surface area contributed by atoms with Crippen LogP contribution in [-0.2, 0) is 16.0 Å². The van der Waals surface area contributed by atoms with E-state index in [1.165, 1.54) is 0 Å². The predicted octanol–water partition coefficient (Wildman–Crippen LogP) is 1.85. The lowest BCUT2D eigenvalue weighted by molar-refractivity contribution is -0.116. The molecule has 1 aliphatic heterocycles. The van der Waals surface area contributed by atoms with Crippen molar-refractivity contribution in [3.8, 4) is 0 Å². The Hall–Kier alpha value is -3.19. The van der Waals surface area contributed by atoms with Crippen LogP contribution in [0.15, 0.2) is 53.3 Å². The van der Waals surface area contributed by atoms with Gasteiger partial charge in [0.05, 0.1) is 25.0 Å². The van der Waals surface area contributed by atoms with Crippen LogP contribution in [0.25, 0.3) is 10.8 Å². The Morgan fingerprint density at radius 3 is 2.50 bits per heavy atom. The van der Waals surface area contributed by atoms with Crippen molar-refractivity contribution >= 4 is 22.5 Å². The fourth-order valence-electron chi connectivity index (χ4n) is 3.40. The summed E-state index contributed by atoms with van der Waals surface area (Å²) < 4.78 is 5.42. The molecule has 0 radical (unpaired) electrons. The van der Waals surface area contributed by atoms with Crippen molar-refractivity contribution in [1.29, 1.82) is 0 Å². The second-order valence-corrected chi connectivity index (χ2v) is 6.82. The molecule has 28 heavy (non-hydrogen) atoms. The fourth-order valence-corrected chi connectivity index (χ4v) is 3.40. The molecule has 0 spiro atoms. The van der Waals surface area contributed by atoms with E-state index < -0.39 is 0 Å². The van der Waals surface area contributed by atoms with Gasteiger partial charge < -0.3 is 9.64 Å². The van der Waals surface area contributed by atoms with Crippen molar-refractivity contribution in [2.24, 2.45) is 0 Å². The Balaban J connectivity index is 1.68. The van der Waals surface area contributed by atoms with Crippen LogP contribution < -0.4 is 15.9 Å². The van der Waals surface area contributed by atoms with Crippen molar-refractivity contribution in [2.75, 3.05) is 36.6 Å². The third kappa shape index (κ3) is 3.61. The second kappa shape index (κ2) is 7.82. The third-order valence-electron chi connectivity index (χ3n) is 4.94. The lowest BCUT2D eigenvalue weighted by atomic mass is 10.1. The van der Waals surface area contributed by atoms with Crippen molar-refractivity contribution < 1.29 is 9.53 Å². The van der Waals surface area contributed by atoms with E-state index in [9.17, 15) is 9.59 Å². The average Bonchev–Trinajstić information content (AvgIpc) is 2.72. The molecular formula is C21H22N4O3. The molecule has 0 atom stereocenters. The van der Waals surface area contributed by atoms with Crippen LogP contribution in [0.4, 0.5) is 5.82 Å². The summed E-state index contributed by atoms with van der Waals surface area (Å²) in [6.07, 6.45) is 0.181. The molecule has 1 fully saturated rings. The van der Waals surface area contributed by atoms with E-state index in [0.29, 0.717) is 37.5 Å². The smallest absolute Gasteiger partial charge is 0.294 e. The van der Waals surface area contributed by atoms with Gasteiger partial charge in [-0.1, -0.05) is 42.5 Å². The largest absolute Gasteiger partial charge is 0.378 e. The summed E-state index contributed by atoms with van der Waals surface area (Å²) in [5.41, 5.74) is 4.26. The molecule has 1 amide bonds. The number of amides is 1. The zero-order valence-electron chi connectivity index (χ0n) is 15.7. The Bertz CT molecular complexity index is 1070. The summed E-state index contributed by atoms with van der Waals surface area (Å²) >= 11 is 0. The summed E-state index contributed by atoms with van der Waals surface area (Å²) in [6.45, 7) is 4.54. The van der Waals surface area contributed by atoms with Gasteiger partial charge >= 0.3 is 0 Å². The van der Waals surface area contributed by atoms with Crippen molar-refractivity contribution in [3.63, 3.8) is 0 Å². The van der Waals surface area contributed by atoms with Gasteiger partial charge in [-0.3, -0.25) is 9.59 Å². The maximum Gasteiger partial charge on any atom is 0.294 e. The number of anilines is 1. The summed E-state index contributed by atoms with van der Waals surface area (Å²) in [5.74, 6) is 0.391. The van der Waals surface area contributed by atoms with Crippen LogP contribution >= 0.6 is 0 Å². The number of aromatic nitrogens is 2. The highest BCUT2D eigenvalue weighted by Crippen LogP contribution is 2.22. The van der Waals surface area contributed by atoms with E-state index in [1.807, 2.05) is 49.4 Å². The minimum atomic E-state index is -0.342. The number of aryl methyl sites for hydroxylation is 1. The zero-order chi connectivity index (χ0) is 19.5. The maximum absolute atomic E-state index is 12.9. The van der Waals surface area contributed by atoms with Gasteiger partial charge in [0.25, 0.3) is 5.56 Å². The van der Waals surface area contributed by atoms with E-state index in [1.54, 1.807) is 6.07 Å². The van der Waals surface area contributed by atoms with Gasteiger partial charge in [-0.25, -0.2) is 5.43 Å². The second-order valence-electron chi connectivity index (χ2n) is 6.82. The summed E-state index contributed by atoms with van der Waals surface area (Å²) in [5, 5.41) is 5.77. The molecule has 0 unspecified atom stereocenters. The first-order valence-electron chi connectivity index (χ1n) is 9.32. The molecular weight excluding hydrogens is 356 g/mol. The van der Waals surface area contributed by atoms with Crippen LogP contribution in [0, 0.1) is 6.92 Å². The number of rotatable bonds is 4. The molecule has 1 aliphatic rings. The van der Waals surface area contributed by atoms with Crippen LogP contribution in [0.3, 0.4) is 0 Å². The van der Waals surface area contributed by atoms with Gasteiger partial charge in [-0.05, 0) is 24.1 Å². The molecule has 2 heterocycles. The first-order chi connectivity index (χ1) is 13.6. The average molecular weight is 378 g/mol. The molecule has 4 rings (SSSR count).